The van der Waals surface area contributed by atoms with Gasteiger partial charge in [0.05, 0.1) is 12.5 Å². The first kappa shape index (κ1) is 15.5. The van der Waals surface area contributed by atoms with Gasteiger partial charge in [0, 0.05) is 30.6 Å². The summed E-state index contributed by atoms with van der Waals surface area (Å²) in [6.45, 7) is 3.62. The normalized spacial score (nSPS) is 27.4. The third-order valence-corrected chi connectivity index (χ3v) is 5.32. The second-order valence-corrected chi connectivity index (χ2v) is 6.70. The zero-order valence-electron chi connectivity index (χ0n) is 12.1. The molecule has 2 fully saturated rings. The van der Waals surface area contributed by atoms with Gasteiger partial charge in [-0.3, -0.25) is 4.79 Å². The van der Waals surface area contributed by atoms with Crippen molar-refractivity contribution in [1.82, 2.24) is 9.80 Å². The highest BCUT2D eigenvalue weighted by Gasteiger charge is 2.34. The number of hydrogen-bond acceptors (Lipinski definition) is 3. The Morgan fingerprint density at radius 2 is 1.95 bits per heavy atom. The van der Waals surface area contributed by atoms with E-state index in [-0.39, 0.29) is 18.5 Å². The molecule has 2 heterocycles. The summed E-state index contributed by atoms with van der Waals surface area (Å²) in [7, 11) is 0. The molecule has 0 radical (unpaired) electrons. The molecule has 2 aliphatic rings. The molecule has 5 nitrogen and oxygen atoms in total. The number of rotatable bonds is 3. The average molecular weight is 300 g/mol. The molecule has 2 aliphatic heterocycles. The zero-order valence-corrected chi connectivity index (χ0v) is 12.9. The van der Waals surface area contributed by atoms with Crippen molar-refractivity contribution in [2.24, 2.45) is 0 Å². The number of likely N-dealkylation sites (tertiary alicyclic amines) is 1. The van der Waals surface area contributed by atoms with Gasteiger partial charge >= 0.3 is 12.0 Å². The fourth-order valence-corrected chi connectivity index (χ4v) is 4.18. The summed E-state index contributed by atoms with van der Waals surface area (Å²) in [6, 6.07) is 0.234. The van der Waals surface area contributed by atoms with Crippen molar-refractivity contribution < 1.29 is 14.7 Å². The predicted molar refractivity (Wildman–Crippen MR) is 80.1 cm³/mol. The Bertz CT molecular complexity index is 364. The highest BCUT2D eigenvalue weighted by molar-refractivity contribution is 7.99. The van der Waals surface area contributed by atoms with Crippen LogP contribution < -0.4 is 0 Å². The van der Waals surface area contributed by atoms with Crippen LogP contribution >= 0.6 is 11.8 Å². The fourth-order valence-electron chi connectivity index (χ4n) is 3.12. The molecule has 2 unspecified atom stereocenters. The lowest BCUT2D eigenvalue weighted by Gasteiger charge is -2.42. The van der Waals surface area contributed by atoms with E-state index in [0.717, 1.165) is 37.3 Å². The zero-order chi connectivity index (χ0) is 14.5. The number of carbonyl (C=O) groups is 2. The lowest BCUT2D eigenvalue weighted by Crippen LogP contribution is -2.56. The Morgan fingerprint density at radius 1 is 1.20 bits per heavy atom. The molecule has 6 heteroatoms. The highest BCUT2D eigenvalue weighted by Crippen LogP contribution is 2.25. The van der Waals surface area contributed by atoms with Crippen LogP contribution in [-0.2, 0) is 4.79 Å². The Kier molecular flexibility index (Phi) is 5.57. The molecule has 0 aromatic carbocycles. The van der Waals surface area contributed by atoms with Crippen LogP contribution in [0, 0.1) is 0 Å². The molecule has 0 bridgehead atoms. The molecule has 0 aromatic rings. The van der Waals surface area contributed by atoms with Crippen LogP contribution in [0.15, 0.2) is 0 Å². The summed E-state index contributed by atoms with van der Waals surface area (Å²) < 4.78 is 0. The maximum atomic E-state index is 12.8. The molecule has 0 aliphatic carbocycles. The van der Waals surface area contributed by atoms with Gasteiger partial charge in [-0.2, -0.15) is 11.8 Å². The van der Waals surface area contributed by atoms with Crippen molar-refractivity contribution >= 4 is 23.8 Å². The number of hydrogen-bond donors (Lipinski definition) is 1. The number of carbonyl (C=O) groups excluding carboxylic acids is 1. The number of nitrogens with zero attached hydrogens (tertiary/aromatic N) is 2. The number of aliphatic carboxylic acids is 1. The molecule has 2 saturated heterocycles. The number of amides is 2. The van der Waals surface area contributed by atoms with Gasteiger partial charge < -0.3 is 14.9 Å². The van der Waals surface area contributed by atoms with Gasteiger partial charge in [0.15, 0.2) is 0 Å². The third-order valence-electron chi connectivity index (χ3n) is 4.23. The number of urea groups is 1. The van der Waals surface area contributed by atoms with Crippen molar-refractivity contribution in [1.29, 1.82) is 0 Å². The number of piperidine rings is 1. The maximum absolute atomic E-state index is 12.8. The maximum Gasteiger partial charge on any atom is 0.320 e. The molecule has 0 aromatic heterocycles. The van der Waals surface area contributed by atoms with Crippen molar-refractivity contribution in [2.45, 2.75) is 51.1 Å². The average Bonchev–Trinajstić information content (AvgIpc) is 2.46. The monoisotopic (exact) mass is 300 g/mol. The predicted octanol–water partition coefficient (Wildman–Crippen LogP) is 2.26. The Labute approximate surface area is 124 Å². The van der Waals surface area contributed by atoms with Crippen LogP contribution in [0.1, 0.15) is 39.0 Å². The Morgan fingerprint density at radius 3 is 2.65 bits per heavy atom. The second-order valence-electron chi connectivity index (χ2n) is 5.55. The number of carboxylic acid groups (broad SMARTS) is 1. The fraction of sp³-hybridized carbons (Fsp3) is 0.857. The molecular formula is C14H24N2O3S. The summed E-state index contributed by atoms with van der Waals surface area (Å²) in [5, 5.41) is 9.01. The van der Waals surface area contributed by atoms with Gasteiger partial charge in [-0.05, 0) is 25.7 Å². The van der Waals surface area contributed by atoms with Crippen LogP contribution in [0.2, 0.25) is 0 Å². The van der Waals surface area contributed by atoms with Gasteiger partial charge in [-0.25, -0.2) is 4.79 Å². The quantitative estimate of drug-likeness (QED) is 0.868. The van der Waals surface area contributed by atoms with Gasteiger partial charge in [-0.15, -0.1) is 0 Å². The summed E-state index contributed by atoms with van der Waals surface area (Å²) in [6.07, 6.45) is 4.38. The van der Waals surface area contributed by atoms with Gasteiger partial charge in [0.2, 0.25) is 0 Å². The van der Waals surface area contributed by atoms with E-state index in [4.69, 9.17) is 5.11 Å². The summed E-state index contributed by atoms with van der Waals surface area (Å²) in [5.41, 5.74) is 0. The van der Waals surface area contributed by atoms with Gasteiger partial charge in [0.1, 0.15) is 0 Å². The smallest absolute Gasteiger partial charge is 0.320 e. The van der Waals surface area contributed by atoms with E-state index in [2.05, 4.69) is 6.92 Å². The van der Waals surface area contributed by atoms with Crippen LogP contribution in [0.25, 0.3) is 0 Å². The van der Waals surface area contributed by atoms with E-state index in [0.29, 0.717) is 12.6 Å². The molecular weight excluding hydrogens is 276 g/mol. The van der Waals surface area contributed by atoms with E-state index < -0.39 is 5.97 Å². The number of carboxylic acids is 1. The van der Waals surface area contributed by atoms with Gasteiger partial charge in [-0.1, -0.05) is 6.92 Å². The first-order valence-corrected chi connectivity index (χ1v) is 8.65. The molecule has 2 atom stereocenters. The minimum Gasteiger partial charge on any atom is -0.481 e. The molecule has 114 valence electrons. The van der Waals surface area contributed by atoms with Crippen molar-refractivity contribution in [3.8, 4) is 0 Å². The lowest BCUT2D eigenvalue weighted by atomic mass is 10.0. The Balaban J connectivity index is 2.05. The minimum absolute atomic E-state index is 0.0584. The third kappa shape index (κ3) is 3.59. The summed E-state index contributed by atoms with van der Waals surface area (Å²) in [4.78, 5) is 27.5. The molecule has 2 amide bonds. The molecule has 0 spiro atoms. The van der Waals surface area contributed by atoms with Crippen molar-refractivity contribution in [3.05, 3.63) is 0 Å². The summed E-state index contributed by atoms with van der Waals surface area (Å²) in [5.74, 6) is 0.829. The van der Waals surface area contributed by atoms with Crippen LogP contribution in [-0.4, -0.2) is 63.6 Å². The molecule has 1 N–H and O–H groups in total. The van der Waals surface area contributed by atoms with Crippen LogP contribution in [0.4, 0.5) is 4.79 Å². The van der Waals surface area contributed by atoms with Crippen LogP contribution in [0.3, 0.4) is 0 Å². The highest BCUT2D eigenvalue weighted by atomic mass is 32.2. The standard InChI is InChI=1S/C14H24N2O3S/c1-2-11-5-3-4-6-15(11)14(19)16-7-8-20-10-12(16)9-13(17)18/h11-12H,2-10H2,1H3,(H,17,18). The lowest BCUT2D eigenvalue weighted by molar-refractivity contribution is -0.138. The van der Waals surface area contributed by atoms with E-state index in [1.807, 2.05) is 4.90 Å². The van der Waals surface area contributed by atoms with Crippen LogP contribution in [0.5, 0.6) is 0 Å². The minimum atomic E-state index is -0.819. The molecule has 20 heavy (non-hydrogen) atoms. The van der Waals surface area contributed by atoms with E-state index in [1.54, 1.807) is 16.7 Å². The number of thioether (sulfide) groups is 1. The van der Waals surface area contributed by atoms with Crippen molar-refractivity contribution in [3.63, 3.8) is 0 Å². The van der Waals surface area contributed by atoms with E-state index in [1.165, 1.54) is 6.42 Å². The SMILES string of the molecule is CCC1CCCCN1C(=O)N1CCSCC1CC(=O)O. The van der Waals surface area contributed by atoms with Crippen molar-refractivity contribution in [2.75, 3.05) is 24.6 Å². The molecule has 0 saturated carbocycles. The van der Waals surface area contributed by atoms with E-state index in [9.17, 15) is 9.59 Å². The first-order valence-electron chi connectivity index (χ1n) is 7.50. The Hall–Kier alpha value is -0.910. The summed E-state index contributed by atoms with van der Waals surface area (Å²) >= 11 is 1.74. The van der Waals surface area contributed by atoms with Gasteiger partial charge in [0.25, 0.3) is 0 Å². The molecule has 2 rings (SSSR count). The first-order chi connectivity index (χ1) is 9.63. The topological polar surface area (TPSA) is 60.9 Å². The van der Waals surface area contributed by atoms with E-state index >= 15 is 0 Å². The largest absolute Gasteiger partial charge is 0.481 e. The second kappa shape index (κ2) is 7.20.